The summed E-state index contributed by atoms with van der Waals surface area (Å²) in [4.78, 5) is 13.1. The summed E-state index contributed by atoms with van der Waals surface area (Å²) in [6.45, 7) is 0. The highest BCUT2D eigenvalue weighted by molar-refractivity contribution is 8.05. The second-order valence-corrected chi connectivity index (χ2v) is 14.4. The first-order chi connectivity index (χ1) is 16.7. The van der Waals surface area contributed by atoms with Crippen LogP contribution >= 0.6 is 0 Å². The number of hydrogen-bond donors (Lipinski definition) is 1. The van der Waals surface area contributed by atoms with Gasteiger partial charge in [0.05, 0.1) is 0 Å². The summed E-state index contributed by atoms with van der Waals surface area (Å²) < 4.78 is 115. The van der Waals surface area contributed by atoms with Crippen LogP contribution in [0.1, 0.15) is 103 Å². The summed E-state index contributed by atoms with van der Waals surface area (Å²) >= 11 is 0. The van der Waals surface area contributed by atoms with Gasteiger partial charge in [0.2, 0.25) is 5.78 Å². The third-order valence-corrected chi connectivity index (χ3v) is 12.0. The van der Waals surface area contributed by atoms with Gasteiger partial charge in [-0.1, -0.05) is 61.9 Å². The van der Waals surface area contributed by atoms with Gasteiger partial charge in [-0.2, -0.15) is 22.0 Å². The first-order valence-corrected chi connectivity index (χ1v) is 15.9. The average molecular weight is 566 g/mol. The van der Waals surface area contributed by atoms with Crippen LogP contribution in [0.4, 0.5) is 22.0 Å². The van der Waals surface area contributed by atoms with Crippen LogP contribution in [0.25, 0.3) is 0 Å². The second kappa shape index (κ2) is 11.1. The molecule has 13 heteroatoms. The molecule has 3 aliphatic carbocycles. The van der Waals surface area contributed by atoms with Crippen LogP contribution in [-0.4, -0.2) is 33.4 Å². The van der Waals surface area contributed by atoms with Gasteiger partial charge in [0.1, 0.15) is 0 Å². The predicted molar refractivity (Wildman–Crippen MR) is 124 cm³/mol. The maximum Gasteiger partial charge on any atom is 0.512 e. The molecule has 3 saturated carbocycles. The molecule has 0 aliphatic heterocycles. The number of hydrogen-bond acceptors (Lipinski definition) is 5. The molecular formula is C23H36F5NO5S2. The largest absolute Gasteiger partial charge is 0.512 e. The Morgan fingerprint density at radius 3 is 1.25 bits per heavy atom. The van der Waals surface area contributed by atoms with E-state index in [1.165, 1.54) is 0 Å². The van der Waals surface area contributed by atoms with E-state index in [9.17, 15) is 34.8 Å². The van der Waals surface area contributed by atoms with Gasteiger partial charge >= 0.3 is 20.8 Å². The summed E-state index contributed by atoms with van der Waals surface area (Å²) in [6, 6.07) is 0. The van der Waals surface area contributed by atoms with Crippen LogP contribution in [0.15, 0.2) is 0 Å². The standard InChI is InChI=1S/C23H36F5NO5S2/c24-22(25,35(31,32)29-36(33,34)23(26,27)28)20(30)16-21(17-10-4-1-5-11-17,18-12-6-2-7-13-18)19-14-8-3-9-15-19/h17-19,29H,1-16H2. The zero-order chi connectivity index (χ0) is 26.8. The Balaban J connectivity index is 2.01. The van der Waals surface area contributed by atoms with Crippen molar-refractivity contribution in [1.82, 2.24) is 4.13 Å². The first kappa shape index (κ1) is 29.7. The summed E-state index contributed by atoms with van der Waals surface area (Å²) in [5.74, 6) is -2.21. The molecule has 36 heavy (non-hydrogen) atoms. The number of Topliss-reactive ketones (excluding diaryl/α,β-unsaturated/α-hetero) is 1. The highest BCUT2D eigenvalue weighted by Crippen LogP contribution is 2.59. The van der Waals surface area contributed by atoms with Crippen molar-refractivity contribution in [2.75, 3.05) is 0 Å². The Morgan fingerprint density at radius 1 is 0.611 bits per heavy atom. The van der Waals surface area contributed by atoms with E-state index in [1.54, 1.807) is 0 Å². The van der Waals surface area contributed by atoms with E-state index in [1.807, 2.05) is 0 Å². The van der Waals surface area contributed by atoms with Gasteiger partial charge in [0.25, 0.3) is 10.0 Å². The average Bonchev–Trinajstić information content (AvgIpc) is 2.82. The lowest BCUT2D eigenvalue weighted by molar-refractivity contribution is -0.144. The molecule has 6 nitrogen and oxygen atoms in total. The van der Waals surface area contributed by atoms with Gasteiger partial charge in [-0.3, -0.25) is 4.79 Å². The zero-order valence-corrected chi connectivity index (χ0v) is 21.9. The minimum atomic E-state index is -6.65. The minimum Gasteiger partial charge on any atom is -0.292 e. The first-order valence-electron chi connectivity index (χ1n) is 12.9. The van der Waals surface area contributed by atoms with Crippen molar-refractivity contribution in [1.29, 1.82) is 0 Å². The molecule has 0 unspecified atom stereocenters. The topological polar surface area (TPSA) is 97.4 Å². The molecule has 0 spiro atoms. The molecule has 0 aromatic heterocycles. The van der Waals surface area contributed by atoms with Crippen molar-refractivity contribution in [2.24, 2.45) is 23.2 Å². The molecule has 0 saturated heterocycles. The van der Waals surface area contributed by atoms with E-state index in [0.29, 0.717) is 0 Å². The van der Waals surface area contributed by atoms with E-state index < -0.39 is 48.4 Å². The number of ketones is 1. The van der Waals surface area contributed by atoms with Crippen molar-refractivity contribution >= 4 is 25.8 Å². The molecule has 0 bridgehead atoms. The highest BCUT2D eigenvalue weighted by Gasteiger charge is 2.61. The Bertz CT molecular complexity index is 933. The van der Waals surface area contributed by atoms with Gasteiger partial charge in [0, 0.05) is 6.42 Å². The summed E-state index contributed by atoms with van der Waals surface area (Å²) in [5, 5.41) is -5.32. The van der Waals surface area contributed by atoms with E-state index in [-0.39, 0.29) is 21.9 Å². The fourth-order valence-electron chi connectivity index (χ4n) is 7.13. The van der Waals surface area contributed by atoms with Crippen molar-refractivity contribution in [3.63, 3.8) is 0 Å². The van der Waals surface area contributed by atoms with Crippen molar-refractivity contribution in [2.45, 2.75) is 113 Å². The van der Waals surface area contributed by atoms with Gasteiger partial charge in [-0.15, -0.1) is 0 Å². The lowest BCUT2D eigenvalue weighted by atomic mass is 9.50. The van der Waals surface area contributed by atoms with Crippen LogP contribution < -0.4 is 4.13 Å². The number of rotatable bonds is 9. The van der Waals surface area contributed by atoms with Crippen LogP contribution in [0.3, 0.4) is 0 Å². The van der Waals surface area contributed by atoms with Crippen LogP contribution in [0.5, 0.6) is 0 Å². The zero-order valence-electron chi connectivity index (χ0n) is 20.3. The predicted octanol–water partition coefficient (Wildman–Crippen LogP) is 6.03. The molecule has 0 aromatic carbocycles. The third-order valence-electron chi connectivity index (χ3n) is 8.75. The van der Waals surface area contributed by atoms with E-state index >= 15 is 8.78 Å². The SMILES string of the molecule is O=C(CC(C1CCCCC1)(C1CCCCC1)C1CCCCC1)C(F)(F)S(=O)(=O)NS(=O)(=O)C(F)(F)F. The maximum absolute atomic E-state index is 15.1. The normalized spacial score (nSPS) is 23.0. The Morgan fingerprint density at radius 2 is 0.944 bits per heavy atom. The molecule has 3 aliphatic rings. The maximum atomic E-state index is 15.1. The Hall–Kier alpha value is -0.820. The molecule has 0 radical (unpaired) electrons. The van der Waals surface area contributed by atoms with Crippen LogP contribution in [-0.2, 0) is 24.8 Å². The lowest BCUT2D eigenvalue weighted by Crippen LogP contribution is -2.54. The number of carbonyl (C=O) groups is 1. The van der Waals surface area contributed by atoms with E-state index in [0.717, 1.165) is 96.3 Å². The molecule has 3 rings (SSSR count). The van der Waals surface area contributed by atoms with Crippen molar-refractivity contribution < 1.29 is 43.6 Å². The number of alkyl halides is 5. The molecule has 210 valence electrons. The summed E-state index contributed by atoms with van der Waals surface area (Å²) in [6.07, 6.45) is 11.8. The van der Waals surface area contributed by atoms with E-state index in [2.05, 4.69) is 0 Å². The van der Waals surface area contributed by atoms with Gasteiger partial charge in [-0.05, 0) is 61.7 Å². The van der Waals surface area contributed by atoms with Crippen LogP contribution in [0.2, 0.25) is 0 Å². The summed E-state index contributed by atoms with van der Waals surface area (Å²) in [5.41, 5.74) is -7.00. The highest BCUT2D eigenvalue weighted by atomic mass is 32.3. The van der Waals surface area contributed by atoms with Crippen LogP contribution in [0, 0.1) is 23.2 Å². The van der Waals surface area contributed by atoms with Gasteiger partial charge < -0.3 is 0 Å². The van der Waals surface area contributed by atoms with E-state index in [4.69, 9.17) is 0 Å². The van der Waals surface area contributed by atoms with Gasteiger partial charge in [0.15, 0.2) is 0 Å². The molecule has 1 N–H and O–H groups in total. The third kappa shape index (κ3) is 5.92. The minimum absolute atomic E-state index is 0.0632. The quantitative estimate of drug-likeness (QED) is 0.344. The van der Waals surface area contributed by atoms with Gasteiger partial charge in [-0.25, -0.2) is 16.8 Å². The summed E-state index contributed by atoms with van der Waals surface area (Å²) in [7, 11) is -13.2. The fraction of sp³-hybridized carbons (Fsp3) is 0.957. The van der Waals surface area contributed by atoms with Crippen molar-refractivity contribution in [3.8, 4) is 0 Å². The molecular weight excluding hydrogens is 529 g/mol. The molecule has 0 atom stereocenters. The Kier molecular flexibility index (Phi) is 9.18. The number of nitrogens with one attached hydrogen (secondary N) is 1. The molecule has 0 heterocycles. The molecule has 3 fully saturated rings. The lowest BCUT2D eigenvalue weighted by Gasteiger charge is -2.55. The van der Waals surface area contributed by atoms with Crippen molar-refractivity contribution in [3.05, 3.63) is 0 Å². The number of halogens is 5. The Labute approximate surface area is 210 Å². The molecule has 0 aromatic rings. The smallest absolute Gasteiger partial charge is 0.292 e. The molecule has 0 amide bonds. The fourth-order valence-corrected chi connectivity index (χ4v) is 9.45. The monoisotopic (exact) mass is 565 g/mol. The second-order valence-electron chi connectivity index (χ2n) is 10.8. The number of carbonyl (C=O) groups excluding carboxylic acids is 1. The number of sulfonamides is 2.